The zero-order valence-corrected chi connectivity index (χ0v) is 28.4. The summed E-state index contributed by atoms with van der Waals surface area (Å²) in [6.45, 7) is 2.14. The number of para-hydroxylation sites is 1. The number of nitrogens with zero attached hydrogens (tertiary/aromatic N) is 1. The average Bonchev–Trinajstić information content (AvgIpc) is 3.69. The van der Waals surface area contributed by atoms with Gasteiger partial charge in [0.05, 0.1) is 22.1 Å². The molecule has 240 valence electrons. The Morgan fingerprint density at radius 2 is 0.941 bits per heavy atom. The van der Waals surface area contributed by atoms with Crippen LogP contribution in [0, 0.1) is 6.92 Å². The van der Waals surface area contributed by atoms with Gasteiger partial charge in [0.15, 0.2) is 0 Å². The molecule has 0 atom stereocenters. The first-order chi connectivity index (χ1) is 25.2. The third-order valence-electron chi connectivity index (χ3n) is 11.0. The molecule has 0 N–H and O–H groups in total. The molecule has 0 unspecified atom stereocenters. The lowest BCUT2D eigenvalue weighted by atomic mass is 9.68. The van der Waals surface area contributed by atoms with Crippen LogP contribution in [0.3, 0.4) is 0 Å². The molecule has 8 aromatic carbocycles. The van der Waals surface area contributed by atoms with Crippen molar-refractivity contribution >= 4 is 21.8 Å². The van der Waals surface area contributed by atoms with Crippen molar-refractivity contribution in [3.8, 4) is 39.1 Å². The summed E-state index contributed by atoms with van der Waals surface area (Å²) < 4.78 is 2.52. The number of aryl methyl sites for hydroxylation is 1. The second kappa shape index (κ2) is 11.6. The van der Waals surface area contributed by atoms with E-state index >= 15 is 0 Å². The van der Waals surface area contributed by atoms with Crippen molar-refractivity contribution in [2.45, 2.75) is 12.3 Å². The maximum absolute atomic E-state index is 2.52. The maximum atomic E-state index is 2.52. The number of rotatable bonds is 5. The van der Waals surface area contributed by atoms with Crippen LogP contribution in [0.2, 0.25) is 0 Å². The van der Waals surface area contributed by atoms with Crippen LogP contribution >= 0.6 is 0 Å². The highest BCUT2D eigenvalue weighted by Gasteiger charge is 2.47. The summed E-state index contributed by atoms with van der Waals surface area (Å²) >= 11 is 0. The molecular weight excluding hydrogens is 615 g/mol. The number of aromatic nitrogens is 1. The molecule has 0 radical (unpaired) electrons. The quantitative estimate of drug-likeness (QED) is 0.175. The highest BCUT2D eigenvalue weighted by molar-refractivity contribution is 6.11. The fourth-order valence-electron chi connectivity index (χ4n) is 8.78. The lowest BCUT2D eigenvalue weighted by Gasteiger charge is -2.34. The largest absolute Gasteiger partial charge is 0.309 e. The fraction of sp³-hybridized carbons (Fsp3) is 0.0400. The Kier molecular flexibility index (Phi) is 6.69. The van der Waals surface area contributed by atoms with Crippen LogP contribution in [-0.2, 0) is 5.41 Å². The molecule has 0 aliphatic heterocycles. The number of benzene rings is 8. The number of hydrogen-bond donors (Lipinski definition) is 0. The van der Waals surface area contributed by atoms with Gasteiger partial charge in [-0.3, -0.25) is 0 Å². The molecule has 0 saturated heterocycles. The molecule has 1 aliphatic rings. The van der Waals surface area contributed by atoms with Crippen LogP contribution in [0.15, 0.2) is 194 Å². The average molecular weight is 650 g/mol. The second-order valence-corrected chi connectivity index (χ2v) is 13.7. The molecule has 0 saturated carbocycles. The van der Waals surface area contributed by atoms with Gasteiger partial charge < -0.3 is 4.57 Å². The van der Waals surface area contributed by atoms with E-state index in [0.29, 0.717) is 0 Å². The summed E-state index contributed by atoms with van der Waals surface area (Å²) in [6.07, 6.45) is 0. The van der Waals surface area contributed by atoms with Gasteiger partial charge in [0.1, 0.15) is 0 Å². The van der Waals surface area contributed by atoms with Crippen LogP contribution in [0.5, 0.6) is 0 Å². The summed E-state index contributed by atoms with van der Waals surface area (Å²) in [6, 6.07) is 71.7. The lowest BCUT2D eigenvalue weighted by molar-refractivity contribution is 0.768. The first kappa shape index (κ1) is 29.5. The Balaban J connectivity index is 1.29. The predicted molar refractivity (Wildman–Crippen MR) is 214 cm³/mol. The van der Waals surface area contributed by atoms with E-state index in [0.717, 1.165) is 0 Å². The van der Waals surface area contributed by atoms with Crippen LogP contribution < -0.4 is 0 Å². The first-order valence-corrected chi connectivity index (χ1v) is 17.8. The lowest BCUT2D eigenvalue weighted by Crippen LogP contribution is -2.28. The minimum Gasteiger partial charge on any atom is -0.309 e. The Labute approximate surface area is 298 Å². The Morgan fingerprint density at radius 1 is 0.392 bits per heavy atom. The van der Waals surface area contributed by atoms with Gasteiger partial charge in [-0.05, 0) is 75.2 Å². The normalized spacial score (nSPS) is 13.0. The molecule has 51 heavy (non-hydrogen) atoms. The Hall–Kier alpha value is -6.44. The van der Waals surface area contributed by atoms with Crippen molar-refractivity contribution in [2.24, 2.45) is 0 Å². The number of hydrogen-bond acceptors (Lipinski definition) is 0. The third kappa shape index (κ3) is 4.35. The molecule has 1 aromatic heterocycles. The second-order valence-electron chi connectivity index (χ2n) is 13.7. The third-order valence-corrected chi connectivity index (χ3v) is 11.0. The predicted octanol–water partition coefficient (Wildman–Crippen LogP) is 12.8. The standard InChI is InChI=1S/C50H35N/c1-34-27-29-35(30-28-34)39-19-8-9-20-40(39)36-31-32-42-41-21-11-13-25-46(41)51(48(42)33-36)47-26-14-24-45-49(47)43-22-10-12-23-44(43)50(45,37-15-4-2-5-16-37)38-17-6-3-7-18-38/h2-33H,1H3. The van der Waals surface area contributed by atoms with E-state index in [1.807, 2.05) is 0 Å². The summed E-state index contributed by atoms with van der Waals surface area (Å²) in [5, 5.41) is 2.51. The van der Waals surface area contributed by atoms with Gasteiger partial charge in [0.25, 0.3) is 0 Å². The molecule has 0 fully saturated rings. The summed E-state index contributed by atoms with van der Waals surface area (Å²) in [4.78, 5) is 0. The topological polar surface area (TPSA) is 4.93 Å². The van der Waals surface area contributed by atoms with Crippen LogP contribution in [-0.4, -0.2) is 4.57 Å². The van der Waals surface area contributed by atoms with Crippen molar-refractivity contribution in [2.75, 3.05) is 0 Å². The van der Waals surface area contributed by atoms with Crippen molar-refractivity contribution in [1.29, 1.82) is 0 Å². The molecule has 1 heteroatoms. The molecule has 10 rings (SSSR count). The van der Waals surface area contributed by atoms with Gasteiger partial charge in [0.2, 0.25) is 0 Å². The van der Waals surface area contributed by atoms with E-state index in [-0.39, 0.29) is 0 Å². The molecule has 0 bridgehead atoms. The van der Waals surface area contributed by atoms with E-state index < -0.39 is 5.41 Å². The van der Waals surface area contributed by atoms with Crippen LogP contribution in [0.4, 0.5) is 0 Å². The minimum atomic E-state index is -0.457. The molecule has 1 nitrogen and oxygen atoms in total. The first-order valence-electron chi connectivity index (χ1n) is 17.8. The van der Waals surface area contributed by atoms with Gasteiger partial charge in [-0.1, -0.05) is 181 Å². The van der Waals surface area contributed by atoms with Gasteiger partial charge in [-0.15, -0.1) is 0 Å². The van der Waals surface area contributed by atoms with Crippen molar-refractivity contribution in [3.63, 3.8) is 0 Å². The van der Waals surface area contributed by atoms with Crippen LogP contribution in [0.1, 0.15) is 27.8 Å². The van der Waals surface area contributed by atoms with Crippen molar-refractivity contribution in [1.82, 2.24) is 4.57 Å². The van der Waals surface area contributed by atoms with Crippen LogP contribution in [0.25, 0.3) is 60.9 Å². The Morgan fingerprint density at radius 3 is 1.67 bits per heavy atom. The minimum absolute atomic E-state index is 0.457. The van der Waals surface area contributed by atoms with Gasteiger partial charge >= 0.3 is 0 Å². The van der Waals surface area contributed by atoms with Crippen molar-refractivity contribution in [3.05, 3.63) is 222 Å². The summed E-state index contributed by atoms with van der Waals surface area (Å²) in [5.74, 6) is 0. The highest BCUT2D eigenvalue weighted by atomic mass is 15.0. The van der Waals surface area contributed by atoms with E-state index in [1.54, 1.807) is 0 Å². The van der Waals surface area contributed by atoms with E-state index in [9.17, 15) is 0 Å². The molecule has 0 spiro atoms. The van der Waals surface area contributed by atoms with Gasteiger partial charge in [-0.25, -0.2) is 0 Å². The van der Waals surface area contributed by atoms with Gasteiger partial charge in [0, 0.05) is 16.3 Å². The van der Waals surface area contributed by atoms with E-state index in [4.69, 9.17) is 0 Å². The van der Waals surface area contributed by atoms with Gasteiger partial charge in [-0.2, -0.15) is 0 Å². The fourth-order valence-corrected chi connectivity index (χ4v) is 8.78. The maximum Gasteiger partial charge on any atom is 0.0714 e. The van der Waals surface area contributed by atoms with Crippen molar-refractivity contribution < 1.29 is 0 Å². The highest BCUT2D eigenvalue weighted by Crippen LogP contribution is 2.58. The zero-order valence-electron chi connectivity index (χ0n) is 28.4. The summed E-state index contributed by atoms with van der Waals surface area (Å²) in [7, 11) is 0. The monoisotopic (exact) mass is 649 g/mol. The van der Waals surface area contributed by atoms with E-state index in [2.05, 4.69) is 206 Å². The zero-order chi connectivity index (χ0) is 33.9. The summed E-state index contributed by atoms with van der Waals surface area (Å²) in [5.41, 5.74) is 17.1. The van der Waals surface area contributed by atoms with E-state index in [1.165, 1.54) is 88.7 Å². The molecule has 9 aromatic rings. The molecular formula is C50H35N. The SMILES string of the molecule is Cc1ccc(-c2ccccc2-c2ccc3c4ccccc4n(-c4cccc5c4-c4ccccc4C5(c4ccccc4)c4ccccc4)c3c2)cc1. The smallest absolute Gasteiger partial charge is 0.0714 e. The molecule has 1 aliphatic carbocycles. The number of fused-ring (bicyclic) bond motifs is 6. The molecule has 0 amide bonds. The molecule has 1 heterocycles. The Bertz CT molecular complexity index is 2690.